The first-order valence-electron chi connectivity index (χ1n) is 8.59. The zero-order valence-electron chi connectivity index (χ0n) is 15.1. The van der Waals surface area contributed by atoms with Gasteiger partial charge < -0.3 is 9.80 Å². The monoisotopic (exact) mass is 354 g/mol. The summed E-state index contributed by atoms with van der Waals surface area (Å²) in [5.41, 5.74) is 1.55. The number of nitrogens with zero attached hydrogens (tertiary/aromatic N) is 4. The van der Waals surface area contributed by atoms with Crippen molar-refractivity contribution in [2.45, 2.75) is 31.8 Å². The van der Waals surface area contributed by atoms with Crippen molar-refractivity contribution in [3.63, 3.8) is 0 Å². The van der Waals surface area contributed by atoms with Gasteiger partial charge in [-0.3, -0.25) is 19.9 Å². The van der Waals surface area contributed by atoms with E-state index in [4.69, 9.17) is 0 Å². The molecular weight excluding hydrogens is 332 g/mol. The highest BCUT2D eigenvalue weighted by atomic mass is 16.6. The van der Waals surface area contributed by atoms with Crippen LogP contribution in [0, 0.1) is 10.1 Å². The van der Waals surface area contributed by atoms with Crippen molar-refractivity contribution < 1.29 is 9.72 Å². The molecule has 0 spiro atoms. The number of hydrogen-bond acceptors (Lipinski definition) is 5. The zero-order chi connectivity index (χ0) is 18.8. The summed E-state index contributed by atoms with van der Waals surface area (Å²) in [6.07, 6.45) is 3.60. The molecule has 1 atom stereocenters. The molecule has 0 unspecified atom stereocenters. The summed E-state index contributed by atoms with van der Waals surface area (Å²) >= 11 is 0. The third kappa shape index (κ3) is 3.51. The van der Waals surface area contributed by atoms with Gasteiger partial charge in [0.25, 0.3) is 11.6 Å². The van der Waals surface area contributed by atoms with E-state index in [1.54, 1.807) is 42.2 Å². The molecule has 0 radical (unpaired) electrons. The number of hydrogen-bond donors (Lipinski definition) is 0. The maximum absolute atomic E-state index is 13.2. The summed E-state index contributed by atoms with van der Waals surface area (Å²) in [7, 11) is 3.48. The van der Waals surface area contributed by atoms with Crippen LogP contribution in [0.1, 0.15) is 41.9 Å². The van der Waals surface area contributed by atoms with Crippen molar-refractivity contribution in [1.29, 1.82) is 0 Å². The number of pyridine rings is 1. The molecule has 0 aliphatic heterocycles. The van der Waals surface area contributed by atoms with E-state index >= 15 is 0 Å². The van der Waals surface area contributed by atoms with Gasteiger partial charge in [-0.25, -0.2) is 0 Å². The number of amides is 1. The average Bonchev–Trinajstić information content (AvgIpc) is 3.46. The van der Waals surface area contributed by atoms with Gasteiger partial charge in [0.15, 0.2) is 0 Å². The van der Waals surface area contributed by atoms with Crippen molar-refractivity contribution in [2.24, 2.45) is 0 Å². The molecule has 1 heterocycles. The van der Waals surface area contributed by atoms with Gasteiger partial charge in [0.2, 0.25) is 0 Å². The van der Waals surface area contributed by atoms with Crippen molar-refractivity contribution in [3.8, 4) is 0 Å². The fourth-order valence-corrected chi connectivity index (χ4v) is 3.11. The smallest absolute Gasteiger partial charge is 0.293 e. The first kappa shape index (κ1) is 17.8. The van der Waals surface area contributed by atoms with Crippen LogP contribution >= 0.6 is 0 Å². The van der Waals surface area contributed by atoms with Crippen LogP contribution in [0.25, 0.3) is 0 Å². The number of carbonyl (C=O) groups excluding carboxylic acids is 1. The number of nitro groups is 1. The van der Waals surface area contributed by atoms with Crippen LogP contribution in [0.15, 0.2) is 42.6 Å². The molecule has 1 aromatic carbocycles. The highest BCUT2D eigenvalue weighted by Crippen LogP contribution is 2.36. The Morgan fingerprint density at radius 2 is 2.00 bits per heavy atom. The van der Waals surface area contributed by atoms with Crippen LogP contribution in [0.5, 0.6) is 0 Å². The maximum atomic E-state index is 13.2. The summed E-state index contributed by atoms with van der Waals surface area (Å²) in [4.78, 5) is 32.0. The van der Waals surface area contributed by atoms with Crippen molar-refractivity contribution in [1.82, 2.24) is 9.88 Å². The van der Waals surface area contributed by atoms with E-state index in [9.17, 15) is 14.9 Å². The maximum Gasteiger partial charge on any atom is 0.293 e. The largest absolute Gasteiger partial charge is 0.372 e. The minimum absolute atomic E-state index is 0.0675. The Balaban J connectivity index is 1.95. The van der Waals surface area contributed by atoms with Crippen molar-refractivity contribution in [3.05, 3.63) is 64.0 Å². The summed E-state index contributed by atoms with van der Waals surface area (Å²) in [6, 6.07) is 10.3. The lowest BCUT2D eigenvalue weighted by atomic mass is 10.1. The van der Waals surface area contributed by atoms with Crippen LogP contribution in [0.2, 0.25) is 0 Å². The van der Waals surface area contributed by atoms with Crippen LogP contribution in [-0.4, -0.2) is 40.9 Å². The Morgan fingerprint density at radius 1 is 1.27 bits per heavy atom. The Bertz CT molecular complexity index is 819. The van der Waals surface area contributed by atoms with Gasteiger partial charge in [0.05, 0.1) is 16.7 Å². The van der Waals surface area contributed by atoms with E-state index < -0.39 is 4.92 Å². The molecule has 3 rings (SSSR count). The van der Waals surface area contributed by atoms with Gasteiger partial charge >= 0.3 is 0 Å². The summed E-state index contributed by atoms with van der Waals surface area (Å²) < 4.78 is 0. The molecule has 1 amide bonds. The predicted molar refractivity (Wildman–Crippen MR) is 99.3 cm³/mol. The topological polar surface area (TPSA) is 79.6 Å². The summed E-state index contributed by atoms with van der Waals surface area (Å²) in [5.74, 6) is -0.195. The number of anilines is 1. The minimum atomic E-state index is -0.449. The van der Waals surface area contributed by atoms with E-state index in [1.165, 1.54) is 6.07 Å². The molecule has 7 heteroatoms. The predicted octanol–water partition coefficient (Wildman–Crippen LogP) is 3.42. The van der Waals surface area contributed by atoms with Gasteiger partial charge in [0.1, 0.15) is 5.69 Å². The minimum Gasteiger partial charge on any atom is -0.372 e. The van der Waals surface area contributed by atoms with E-state index in [2.05, 4.69) is 4.98 Å². The molecule has 1 saturated carbocycles. The Hall–Kier alpha value is -2.96. The van der Waals surface area contributed by atoms with Gasteiger partial charge in [-0.15, -0.1) is 0 Å². The fraction of sp³-hybridized carbons (Fsp3) is 0.368. The third-order valence-electron chi connectivity index (χ3n) is 4.61. The second-order valence-electron chi connectivity index (χ2n) is 6.73. The molecule has 1 aliphatic rings. The van der Waals surface area contributed by atoms with Crippen LogP contribution in [-0.2, 0) is 0 Å². The van der Waals surface area contributed by atoms with E-state index in [1.807, 2.05) is 25.1 Å². The molecule has 7 nitrogen and oxygen atoms in total. The molecule has 26 heavy (non-hydrogen) atoms. The molecule has 2 aromatic rings. The first-order valence-corrected chi connectivity index (χ1v) is 8.59. The SMILES string of the molecule is C[C@H](c1ccccn1)N(C(=O)c1ccc(N(C)C)c([N+](=O)[O-])c1)C1CC1. The average molecular weight is 354 g/mol. The zero-order valence-corrected chi connectivity index (χ0v) is 15.1. The second kappa shape index (κ2) is 7.11. The lowest BCUT2D eigenvalue weighted by Gasteiger charge is -2.29. The van der Waals surface area contributed by atoms with Gasteiger partial charge in [-0.2, -0.15) is 0 Å². The first-order chi connectivity index (χ1) is 12.4. The number of carbonyl (C=O) groups is 1. The molecule has 0 bridgehead atoms. The standard InChI is InChI=1S/C19H22N4O3/c1-13(16-6-4-5-11-20-16)22(15-8-9-15)19(24)14-7-10-17(21(2)3)18(12-14)23(25)26/h4-7,10-13,15H,8-9H2,1-3H3/t13-/m1/s1. The lowest BCUT2D eigenvalue weighted by Crippen LogP contribution is -2.36. The van der Waals surface area contributed by atoms with Gasteiger partial charge in [-0.05, 0) is 44.0 Å². The van der Waals surface area contributed by atoms with Crippen LogP contribution in [0.4, 0.5) is 11.4 Å². The number of benzene rings is 1. The molecule has 0 N–H and O–H groups in total. The molecule has 1 aliphatic carbocycles. The Kier molecular flexibility index (Phi) is 4.88. The molecular formula is C19H22N4O3. The van der Waals surface area contributed by atoms with Crippen molar-refractivity contribution >= 4 is 17.3 Å². The molecule has 1 fully saturated rings. The fourth-order valence-electron chi connectivity index (χ4n) is 3.11. The Labute approximate surface area is 152 Å². The van der Waals surface area contributed by atoms with Gasteiger partial charge in [0, 0.05) is 38.0 Å². The van der Waals surface area contributed by atoms with Crippen LogP contribution < -0.4 is 4.90 Å². The molecule has 136 valence electrons. The normalized spacial score (nSPS) is 14.6. The van der Waals surface area contributed by atoms with E-state index in [0.717, 1.165) is 18.5 Å². The van der Waals surface area contributed by atoms with Crippen molar-refractivity contribution in [2.75, 3.05) is 19.0 Å². The van der Waals surface area contributed by atoms with Gasteiger partial charge in [-0.1, -0.05) is 6.07 Å². The van der Waals surface area contributed by atoms with Crippen LogP contribution in [0.3, 0.4) is 0 Å². The number of rotatable bonds is 6. The highest BCUT2D eigenvalue weighted by Gasteiger charge is 2.37. The highest BCUT2D eigenvalue weighted by molar-refractivity contribution is 5.96. The molecule has 1 aromatic heterocycles. The number of nitro benzene ring substituents is 1. The number of aromatic nitrogens is 1. The van der Waals surface area contributed by atoms with E-state index in [0.29, 0.717) is 11.3 Å². The summed E-state index contributed by atoms with van der Waals surface area (Å²) in [6.45, 7) is 1.95. The molecule has 0 saturated heterocycles. The lowest BCUT2D eigenvalue weighted by molar-refractivity contribution is -0.384. The Morgan fingerprint density at radius 3 is 2.54 bits per heavy atom. The third-order valence-corrected chi connectivity index (χ3v) is 4.61. The quantitative estimate of drug-likeness (QED) is 0.586. The second-order valence-corrected chi connectivity index (χ2v) is 6.73. The van der Waals surface area contributed by atoms with E-state index in [-0.39, 0.29) is 23.7 Å². The summed E-state index contributed by atoms with van der Waals surface area (Å²) in [5, 5.41) is 11.4.